The van der Waals surface area contributed by atoms with Crippen LogP contribution in [0, 0.1) is 17.8 Å². The summed E-state index contributed by atoms with van der Waals surface area (Å²) in [4.78, 5) is 36.0. The van der Waals surface area contributed by atoms with Crippen LogP contribution in [0.1, 0.15) is 32.6 Å². The normalized spacial score (nSPS) is 25.2. The quantitative estimate of drug-likeness (QED) is 0.740. The van der Waals surface area contributed by atoms with Crippen molar-refractivity contribution in [3.05, 3.63) is 0 Å². The molecule has 0 saturated heterocycles. The standard InChI is InChI=1S/C14H23NO5/c1-9-7-10(11(8-9)14(18)19)13(17)15(2)6-4-5-12(16)20-3/h9-11H,4-8H2,1-3H3,(H,18,19). The molecule has 1 fully saturated rings. The van der Waals surface area contributed by atoms with E-state index < -0.39 is 17.8 Å². The summed E-state index contributed by atoms with van der Waals surface area (Å²) < 4.78 is 4.53. The van der Waals surface area contributed by atoms with Gasteiger partial charge in [0.1, 0.15) is 0 Å². The van der Waals surface area contributed by atoms with Crippen LogP contribution in [0.2, 0.25) is 0 Å². The molecule has 1 N–H and O–H groups in total. The maximum Gasteiger partial charge on any atom is 0.307 e. The number of amides is 1. The summed E-state index contributed by atoms with van der Waals surface area (Å²) in [5.41, 5.74) is 0. The maximum atomic E-state index is 12.3. The number of hydrogen-bond donors (Lipinski definition) is 1. The Morgan fingerprint density at radius 2 is 1.85 bits per heavy atom. The molecule has 1 aliphatic carbocycles. The van der Waals surface area contributed by atoms with Crippen LogP contribution in [0.15, 0.2) is 0 Å². The number of esters is 1. The van der Waals surface area contributed by atoms with Gasteiger partial charge in [0, 0.05) is 20.0 Å². The monoisotopic (exact) mass is 285 g/mol. The molecule has 0 radical (unpaired) electrons. The topological polar surface area (TPSA) is 83.9 Å². The Hall–Kier alpha value is -1.59. The zero-order valence-corrected chi connectivity index (χ0v) is 12.3. The number of carbonyl (C=O) groups excluding carboxylic acids is 2. The van der Waals surface area contributed by atoms with Gasteiger partial charge in [0.25, 0.3) is 0 Å². The zero-order chi connectivity index (χ0) is 15.3. The summed E-state index contributed by atoms with van der Waals surface area (Å²) in [6.45, 7) is 2.41. The van der Waals surface area contributed by atoms with Crippen LogP contribution in [-0.2, 0) is 19.1 Å². The minimum atomic E-state index is -0.893. The van der Waals surface area contributed by atoms with E-state index in [0.29, 0.717) is 25.8 Å². The Bertz CT molecular complexity index is 382. The van der Waals surface area contributed by atoms with Gasteiger partial charge < -0.3 is 14.7 Å². The molecule has 1 aliphatic rings. The van der Waals surface area contributed by atoms with Crippen LogP contribution in [0.25, 0.3) is 0 Å². The number of methoxy groups -OCH3 is 1. The molecule has 0 aromatic rings. The molecule has 0 bridgehead atoms. The molecule has 1 rings (SSSR count). The SMILES string of the molecule is COC(=O)CCCN(C)C(=O)C1CC(C)CC1C(=O)O. The van der Waals surface area contributed by atoms with Crippen LogP contribution in [0.5, 0.6) is 0 Å². The van der Waals surface area contributed by atoms with Crippen molar-refractivity contribution in [3.8, 4) is 0 Å². The van der Waals surface area contributed by atoms with E-state index >= 15 is 0 Å². The molecule has 0 aromatic carbocycles. The first-order chi connectivity index (χ1) is 9.36. The number of ether oxygens (including phenoxy) is 1. The third-order valence-corrected chi connectivity index (χ3v) is 3.91. The Balaban J connectivity index is 2.51. The van der Waals surface area contributed by atoms with Crippen molar-refractivity contribution < 1.29 is 24.2 Å². The smallest absolute Gasteiger partial charge is 0.307 e. The molecule has 3 unspecified atom stereocenters. The predicted molar refractivity (Wildman–Crippen MR) is 71.9 cm³/mol. The van der Waals surface area contributed by atoms with Gasteiger partial charge in [-0.25, -0.2) is 0 Å². The average Bonchev–Trinajstić information content (AvgIpc) is 2.79. The summed E-state index contributed by atoms with van der Waals surface area (Å²) in [7, 11) is 2.98. The predicted octanol–water partition coefficient (Wildman–Crippen LogP) is 1.14. The third-order valence-electron chi connectivity index (χ3n) is 3.91. The van der Waals surface area contributed by atoms with E-state index in [4.69, 9.17) is 0 Å². The molecule has 1 amide bonds. The second kappa shape index (κ2) is 7.26. The summed E-state index contributed by atoms with van der Waals surface area (Å²) in [6.07, 6.45) is 1.96. The molecule has 6 nitrogen and oxygen atoms in total. The van der Waals surface area contributed by atoms with E-state index in [1.54, 1.807) is 7.05 Å². The van der Waals surface area contributed by atoms with E-state index in [0.717, 1.165) is 0 Å². The highest BCUT2D eigenvalue weighted by Gasteiger charge is 2.42. The fourth-order valence-corrected chi connectivity index (χ4v) is 2.79. The Kier molecular flexibility index (Phi) is 5.98. The van der Waals surface area contributed by atoms with E-state index in [9.17, 15) is 19.5 Å². The lowest BCUT2D eigenvalue weighted by Crippen LogP contribution is -2.37. The van der Waals surface area contributed by atoms with Crippen LogP contribution in [0.4, 0.5) is 0 Å². The molecule has 6 heteroatoms. The van der Waals surface area contributed by atoms with Crippen molar-refractivity contribution in [2.75, 3.05) is 20.7 Å². The lowest BCUT2D eigenvalue weighted by atomic mass is 9.95. The van der Waals surface area contributed by atoms with E-state index in [1.807, 2.05) is 6.92 Å². The number of aliphatic carboxylic acids is 1. The number of hydrogen-bond acceptors (Lipinski definition) is 4. The second-order valence-corrected chi connectivity index (χ2v) is 5.57. The first-order valence-corrected chi connectivity index (χ1v) is 6.91. The van der Waals surface area contributed by atoms with E-state index in [2.05, 4.69) is 4.74 Å². The molecule has 0 aliphatic heterocycles. The number of rotatable bonds is 6. The van der Waals surface area contributed by atoms with Crippen LogP contribution < -0.4 is 0 Å². The average molecular weight is 285 g/mol. The number of carboxylic acid groups (broad SMARTS) is 1. The fraction of sp³-hybridized carbons (Fsp3) is 0.786. The van der Waals surface area contributed by atoms with Crippen molar-refractivity contribution in [3.63, 3.8) is 0 Å². The molecule has 114 valence electrons. The zero-order valence-electron chi connectivity index (χ0n) is 12.3. The van der Waals surface area contributed by atoms with Crippen LogP contribution in [0.3, 0.4) is 0 Å². The lowest BCUT2D eigenvalue weighted by Gasteiger charge is -2.23. The minimum absolute atomic E-state index is 0.133. The first-order valence-electron chi connectivity index (χ1n) is 6.91. The highest BCUT2D eigenvalue weighted by atomic mass is 16.5. The molecule has 3 atom stereocenters. The van der Waals surface area contributed by atoms with Gasteiger partial charge in [0.05, 0.1) is 18.9 Å². The van der Waals surface area contributed by atoms with Crippen LogP contribution in [-0.4, -0.2) is 48.6 Å². The van der Waals surface area contributed by atoms with Crippen molar-refractivity contribution in [1.82, 2.24) is 4.90 Å². The summed E-state index contributed by atoms with van der Waals surface area (Å²) >= 11 is 0. The third kappa shape index (κ3) is 4.21. The number of carbonyl (C=O) groups is 3. The second-order valence-electron chi connectivity index (χ2n) is 5.57. The van der Waals surface area contributed by atoms with Gasteiger partial charge in [-0.15, -0.1) is 0 Å². The summed E-state index contributed by atoms with van der Waals surface area (Å²) in [5, 5.41) is 9.18. The van der Waals surface area contributed by atoms with Gasteiger partial charge in [-0.3, -0.25) is 14.4 Å². The van der Waals surface area contributed by atoms with Gasteiger partial charge in [-0.05, 0) is 25.2 Å². The number of nitrogens with zero attached hydrogens (tertiary/aromatic N) is 1. The molecule has 0 aromatic heterocycles. The fourth-order valence-electron chi connectivity index (χ4n) is 2.79. The summed E-state index contributed by atoms with van der Waals surface area (Å²) in [6, 6.07) is 0. The Labute approximate surface area is 119 Å². The molecular formula is C14H23NO5. The van der Waals surface area contributed by atoms with Gasteiger partial charge in [-0.1, -0.05) is 6.92 Å². The Morgan fingerprint density at radius 1 is 1.25 bits per heavy atom. The van der Waals surface area contributed by atoms with Gasteiger partial charge in [-0.2, -0.15) is 0 Å². The minimum Gasteiger partial charge on any atom is -0.481 e. The van der Waals surface area contributed by atoms with Crippen molar-refractivity contribution in [2.45, 2.75) is 32.6 Å². The number of carboxylic acids is 1. The van der Waals surface area contributed by atoms with Crippen molar-refractivity contribution >= 4 is 17.8 Å². The Morgan fingerprint density at radius 3 is 2.40 bits per heavy atom. The molecule has 0 spiro atoms. The molecular weight excluding hydrogens is 262 g/mol. The highest BCUT2D eigenvalue weighted by molar-refractivity contribution is 5.85. The largest absolute Gasteiger partial charge is 0.481 e. The molecule has 20 heavy (non-hydrogen) atoms. The van der Waals surface area contributed by atoms with Gasteiger partial charge in [0.15, 0.2) is 0 Å². The highest BCUT2D eigenvalue weighted by Crippen LogP contribution is 2.37. The van der Waals surface area contributed by atoms with Gasteiger partial charge in [0.2, 0.25) is 5.91 Å². The van der Waals surface area contributed by atoms with E-state index in [1.165, 1.54) is 12.0 Å². The maximum absolute atomic E-state index is 12.3. The van der Waals surface area contributed by atoms with Gasteiger partial charge >= 0.3 is 11.9 Å². The van der Waals surface area contributed by atoms with E-state index in [-0.39, 0.29) is 24.2 Å². The lowest BCUT2D eigenvalue weighted by molar-refractivity contribution is -0.148. The van der Waals surface area contributed by atoms with Crippen molar-refractivity contribution in [2.24, 2.45) is 17.8 Å². The van der Waals surface area contributed by atoms with Crippen LogP contribution >= 0.6 is 0 Å². The van der Waals surface area contributed by atoms with Crippen molar-refractivity contribution in [1.29, 1.82) is 0 Å². The first kappa shape index (κ1) is 16.5. The molecule has 1 saturated carbocycles. The summed E-state index contributed by atoms with van der Waals surface area (Å²) in [5.74, 6) is -2.09. The molecule has 0 heterocycles.